The Balaban J connectivity index is 1.27. The van der Waals surface area contributed by atoms with Gasteiger partial charge in [0.25, 0.3) is 5.91 Å². The highest BCUT2D eigenvalue weighted by Crippen LogP contribution is 2.17. The average molecular weight is 443 g/mol. The number of methoxy groups -OCH3 is 1. The van der Waals surface area contributed by atoms with Gasteiger partial charge >= 0.3 is 0 Å². The molecule has 1 aliphatic heterocycles. The van der Waals surface area contributed by atoms with Gasteiger partial charge in [-0.3, -0.25) is 9.69 Å². The molecule has 1 amide bonds. The van der Waals surface area contributed by atoms with Crippen LogP contribution in [0.2, 0.25) is 0 Å². The Hall–Kier alpha value is -3.64. The van der Waals surface area contributed by atoms with E-state index in [9.17, 15) is 4.79 Å². The van der Waals surface area contributed by atoms with Gasteiger partial charge in [0.15, 0.2) is 0 Å². The molecule has 6 nitrogen and oxygen atoms in total. The maximum Gasteiger partial charge on any atom is 0.271 e. The van der Waals surface area contributed by atoms with E-state index >= 15 is 0 Å². The van der Waals surface area contributed by atoms with Crippen LogP contribution in [0.4, 0.5) is 5.69 Å². The fraction of sp³-hybridized carbons (Fsp3) is 0.259. The van der Waals surface area contributed by atoms with E-state index in [0.29, 0.717) is 5.56 Å². The highest BCUT2D eigenvalue weighted by molar-refractivity contribution is 6.00. The van der Waals surface area contributed by atoms with Crippen molar-refractivity contribution in [3.63, 3.8) is 0 Å². The minimum atomic E-state index is -0.217. The molecule has 170 valence electrons. The van der Waals surface area contributed by atoms with Crippen molar-refractivity contribution in [2.45, 2.75) is 13.5 Å². The van der Waals surface area contributed by atoms with E-state index in [1.165, 1.54) is 11.3 Å². The van der Waals surface area contributed by atoms with Gasteiger partial charge in [-0.2, -0.15) is 5.10 Å². The number of nitrogens with zero attached hydrogens (tertiary/aromatic N) is 3. The van der Waals surface area contributed by atoms with Gasteiger partial charge in [0, 0.05) is 44.0 Å². The summed E-state index contributed by atoms with van der Waals surface area (Å²) < 4.78 is 5.17. The molecular formula is C27H30N4O2. The van der Waals surface area contributed by atoms with E-state index < -0.39 is 0 Å². The zero-order valence-corrected chi connectivity index (χ0v) is 19.2. The van der Waals surface area contributed by atoms with Gasteiger partial charge in [0.1, 0.15) is 5.75 Å². The van der Waals surface area contributed by atoms with Crippen LogP contribution < -0.4 is 15.1 Å². The predicted molar refractivity (Wildman–Crippen MR) is 133 cm³/mol. The molecular weight excluding hydrogens is 412 g/mol. The number of ether oxygens (including phenoxy) is 1. The van der Waals surface area contributed by atoms with E-state index in [1.807, 2.05) is 55.5 Å². The van der Waals surface area contributed by atoms with Gasteiger partial charge in [0.2, 0.25) is 0 Å². The number of piperazine rings is 1. The van der Waals surface area contributed by atoms with Gasteiger partial charge in [-0.25, -0.2) is 5.43 Å². The van der Waals surface area contributed by atoms with E-state index in [-0.39, 0.29) is 5.91 Å². The Bertz CT molecular complexity index is 1070. The third-order valence-corrected chi connectivity index (χ3v) is 5.95. The second-order valence-electron chi connectivity index (χ2n) is 8.16. The molecule has 1 fully saturated rings. The Kier molecular flexibility index (Phi) is 7.37. The van der Waals surface area contributed by atoms with Crippen LogP contribution in [0.15, 0.2) is 84.0 Å². The molecule has 0 saturated carbocycles. The fourth-order valence-corrected chi connectivity index (χ4v) is 3.92. The Labute approximate surface area is 195 Å². The van der Waals surface area contributed by atoms with Crippen molar-refractivity contribution in [3.8, 4) is 5.75 Å². The number of carbonyl (C=O) groups is 1. The molecule has 0 spiro atoms. The molecule has 6 heteroatoms. The molecule has 3 aromatic carbocycles. The van der Waals surface area contributed by atoms with Crippen molar-refractivity contribution < 1.29 is 9.53 Å². The maximum atomic E-state index is 12.5. The van der Waals surface area contributed by atoms with Crippen LogP contribution in [-0.2, 0) is 6.54 Å². The molecule has 0 atom stereocenters. The standard InChI is InChI=1S/C27H30N4O2/c1-21(23-12-14-26(33-2)15-13-23)28-29-27(32)24-10-8-22(9-11-24)20-30-16-18-31(19-17-30)25-6-4-3-5-7-25/h3-15H,16-20H2,1-2H3,(H,29,32)/b28-21-. The van der Waals surface area contributed by atoms with Gasteiger partial charge in [-0.15, -0.1) is 0 Å². The predicted octanol–water partition coefficient (Wildman–Crippen LogP) is 4.17. The smallest absolute Gasteiger partial charge is 0.271 e. The van der Waals surface area contributed by atoms with Crippen LogP contribution in [0.3, 0.4) is 0 Å². The van der Waals surface area contributed by atoms with Crippen molar-refractivity contribution >= 4 is 17.3 Å². The lowest BCUT2D eigenvalue weighted by Gasteiger charge is -2.36. The first-order valence-electron chi connectivity index (χ1n) is 11.2. The highest BCUT2D eigenvalue weighted by Gasteiger charge is 2.17. The van der Waals surface area contributed by atoms with E-state index in [1.54, 1.807) is 7.11 Å². The number of para-hydroxylation sites is 1. The summed E-state index contributed by atoms with van der Waals surface area (Å²) >= 11 is 0. The number of hydrazone groups is 1. The first-order chi connectivity index (χ1) is 16.1. The van der Waals surface area contributed by atoms with E-state index in [0.717, 1.165) is 49.7 Å². The molecule has 1 heterocycles. The van der Waals surface area contributed by atoms with Crippen molar-refractivity contribution in [3.05, 3.63) is 95.6 Å². The highest BCUT2D eigenvalue weighted by atomic mass is 16.5. The first kappa shape index (κ1) is 22.6. The number of hydrogen-bond donors (Lipinski definition) is 1. The molecule has 1 aliphatic rings. The molecule has 1 N–H and O–H groups in total. The minimum Gasteiger partial charge on any atom is -0.497 e. The summed E-state index contributed by atoms with van der Waals surface area (Å²) in [6, 6.07) is 25.9. The summed E-state index contributed by atoms with van der Waals surface area (Å²) in [5.41, 5.74) is 7.40. The molecule has 3 aromatic rings. The SMILES string of the molecule is COc1ccc(/C(C)=N\NC(=O)c2ccc(CN3CCN(c4ccccc4)CC3)cc2)cc1. The lowest BCUT2D eigenvalue weighted by Crippen LogP contribution is -2.45. The van der Waals surface area contributed by atoms with Crippen LogP contribution in [0.5, 0.6) is 5.75 Å². The maximum absolute atomic E-state index is 12.5. The zero-order chi connectivity index (χ0) is 23.0. The first-order valence-corrected chi connectivity index (χ1v) is 11.2. The lowest BCUT2D eigenvalue weighted by atomic mass is 10.1. The zero-order valence-electron chi connectivity index (χ0n) is 19.2. The van der Waals surface area contributed by atoms with Gasteiger partial charge < -0.3 is 9.64 Å². The van der Waals surface area contributed by atoms with Crippen molar-refractivity contribution in [1.29, 1.82) is 0 Å². The molecule has 0 bridgehead atoms. The normalized spacial score (nSPS) is 14.7. The third-order valence-electron chi connectivity index (χ3n) is 5.95. The van der Waals surface area contributed by atoms with Crippen LogP contribution >= 0.6 is 0 Å². The summed E-state index contributed by atoms with van der Waals surface area (Å²) in [4.78, 5) is 17.4. The molecule has 33 heavy (non-hydrogen) atoms. The number of rotatable bonds is 7. The van der Waals surface area contributed by atoms with Gasteiger partial charge in [-0.05, 0) is 66.6 Å². The number of carbonyl (C=O) groups excluding carboxylic acids is 1. The summed E-state index contributed by atoms with van der Waals surface area (Å²) in [5, 5.41) is 4.24. The van der Waals surface area contributed by atoms with Crippen molar-refractivity contribution in [2.75, 3.05) is 38.2 Å². The minimum absolute atomic E-state index is 0.217. The van der Waals surface area contributed by atoms with Crippen LogP contribution in [0.1, 0.15) is 28.4 Å². The van der Waals surface area contributed by atoms with Crippen LogP contribution in [0.25, 0.3) is 0 Å². The number of amides is 1. The molecule has 0 aromatic heterocycles. The fourth-order valence-electron chi connectivity index (χ4n) is 3.92. The van der Waals surface area contributed by atoms with E-state index in [4.69, 9.17) is 4.74 Å². The second-order valence-corrected chi connectivity index (χ2v) is 8.16. The third kappa shape index (κ3) is 5.99. The van der Waals surface area contributed by atoms with E-state index in [2.05, 4.69) is 50.7 Å². The molecule has 1 saturated heterocycles. The number of anilines is 1. The molecule has 4 rings (SSSR count). The summed E-state index contributed by atoms with van der Waals surface area (Å²) in [6.45, 7) is 6.85. The quantitative estimate of drug-likeness (QED) is 0.441. The molecule has 0 radical (unpaired) electrons. The second kappa shape index (κ2) is 10.8. The number of benzene rings is 3. The summed E-state index contributed by atoms with van der Waals surface area (Å²) in [5.74, 6) is 0.569. The Morgan fingerprint density at radius 3 is 2.15 bits per heavy atom. The number of nitrogens with one attached hydrogen (secondary N) is 1. The largest absolute Gasteiger partial charge is 0.497 e. The average Bonchev–Trinajstić information content (AvgIpc) is 2.88. The van der Waals surface area contributed by atoms with Crippen LogP contribution in [-0.4, -0.2) is 49.8 Å². The Morgan fingerprint density at radius 1 is 0.879 bits per heavy atom. The van der Waals surface area contributed by atoms with Gasteiger partial charge in [0.05, 0.1) is 12.8 Å². The molecule has 0 unspecified atom stereocenters. The monoisotopic (exact) mass is 442 g/mol. The Morgan fingerprint density at radius 2 is 1.52 bits per heavy atom. The number of hydrogen-bond acceptors (Lipinski definition) is 5. The van der Waals surface area contributed by atoms with Crippen molar-refractivity contribution in [1.82, 2.24) is 10.3 Å². The summed E-state index contributed by atoms with van der Waals surface area (Å²) in [7, 11) is 1.63. The van der Waals surface area contributed by atoms with Crippen molar-refractivity contribution in [2.24, 2.45) is 5.10 Å². The lowest BCUT2D eigenvalue weighted by molar-refractivity contribution is 0.0955. The topological polar surface area (TPSA) is 57.2 Å². The summed E-state index contributed by atoms with van der Waals surface area (Å²) in [6.07, 6.45) is 0. The molecule has 0 aliphatic carbocycles. The van der Waals surface area contributed by atoms with Gasteiger partial charge in [-0.1, -0.05) is 30.3 Å². The van der Waals surface area contributed by atoms with Crippen LogP contribution in [0, 0.1) is 0 Å².